The van der Waals surface area contributed by atoms with Gasteiger partial charge in [-0.1, -0.05) is 12.1 Å². The van der Waals surface area contributed by atoms with Crippen LogP contribution >= 0.6 is 11.3 Å². The van der Waals surface area contributed by atoms with E-state index in [0.29, 0.717) is 0 Å². The van der Waals surface area contributed by atoms with Gasteiger partial charge in [-0.2, -0.15) is 0 Å². The lowest BCUT2D eigenvalue weighted by molar-refractivity contribution is 0.0944. The van der Waals surface area contributed by atoms with Gasteiger partial charge in [0.15, 0.2) is 0 Å². The molecule has 1 aromatic carbocycles. The molecule has 1 N–H and O–H groups in total. The smallest absolute Gasteiger partial charge is 0.261 e. The number of nitrogens with one attached hydrogen (secondary N) is 1. The topological polar surface area (TPSA) is 29.1 Å². The van der Waals surface area contributed by atoms with E-state index in [1.807, 2.05) is 13.0 Å². The Labute approximate surface area is 128 Å². The molecule has 1 heterocycles. The zero-order valence-corrected chi connectivity index (χ0v) is 12.8. The zero-order chi connectivity index (χ0) is 14.8. The molecule has 0 saturated carbocycles. The van der Waals surface area contributed by atoms with E-state index >= 15 is 0 Å². The highest BCUT2D eigenvalue weighted by Crippen LogP contribution is 2.30. The lowest BCUT2D eigenvalue weighted by Crippen LogP contribution is -2.25. The summed E-state index contributed by atoms with van der Waals surface area (Å²) >= 11 is 1.61. The van der Waals surface area contributed by atoms with Gasteiger partial charge in [-0.05, 0) is 61.9 Å². The van der Waals surface area contributed by atoms with Crippen molar-refractivity contribution in [1.29, 1.82) is 0 Å². The Morgan fingerprint density at radius 3 is 2.67 bits per heavy atom. The minimum atomic E-state index is -0.261. The standard InChI is InChI=1S/C17H18FNOS/c1-11(12-6-8-14(18)9-7-12)19-17(20)16-10-13-4-2-3-5-15(13)21-16/h6-11H,2-5H2,1H3,(H,19,20)/t11-/m1/s1. The normalized spacial score (nSPS) is 15.3. The molecule has 2 nitrogen and oxygen atoms in total. The van der Waals surface area contributed by atoms with Gasteiger partial charge in [0, 0.05) is 4.88 Å². The molecule has 0 spiro atoms. The summed E-state index contributed by atoms with van der Waals surface area (Å²) in [6, 6.07) is 8.16. The van der Waals surface area contributed by atoms with Gasteiger partial charge in [0.2, 0.25) is 0 Å². The highest BCUT2D eigenvalue weighted by Gasteiger charge is 2.18. The fourth-order valence-corrected chi connectivity index (χ4v) is 3.86. The van der Waals surface area contributed by atoms with Crippen LogP contribution in [0, 0.1) is 5.82 Å². The predicted octanol–water partition coefficient (Wildman–Crippen LogP) is 4.26. The van der Waals surface area contributed by atoms with E-state index in [-0.39, 0.29) is 17.8 Å². The second kappa shape index (κ2) is 5.98. The Balaban J connectivity index is 1.70. The molecule has 4 heteroatoms. The maximum Gasteiger partial charge on any atom is 0.261 e. The molecule has 1 amide bonds. The van der Waals surface area contributed by atoms with Crippen molar-refractivity contribution in [3.05, 3.63) is 57.0 Å². The highest BCUT2D eigenvalue weighted by molar-refractivity contribution is 7.14. The molecule has 0 bridgehead atoms. The fraction of sp³-hybridized carbons (Fsp3) is 0.353. The first kappa shape index (κ1) is 14.3. The minimum absolute atomic E-state index is 0.0359. The van der Waals surface area contributed by atoms with Crippen LogP contribution in [0.25, 0.3) is 0 Å². The fourth-order valence-electron chi connectivity index (χ4n) is 2.71. The highest BCUT2D eigenvalue weighted by atomic mass is 32.1. The predicted molar refractivity (Wildman–Crippen MR) is 83.2 cm³/mol. The van der Waals surface area contributed by atoms with Crippen molar-refractivity contribution in [3.8, 4) is 0 Å². The SMILES string of the molecule is C[C@@H](NC(=O)c1cc2c(s1)CCCC2)c1ccc(F)cc1. The van der Waals surface area contributed by atoms with Crippen LogP contribution in [0.4, 0.5) is 4.39 Å². The third kappa shape index (κ3) is 3.16. The number of fused-ring (bicyclic) bond motifs is 1. The molecular formula is C17H18FNOS. The van der Waals surface area contributed by atoms with Gasteiger partial charge in [0.05, 0.1) is 10.9 Å². The summed E-state index contributed by atoms with van der Waals surface area (Å²) in [4.78, 5) is 14.5. The van der Waals surface area contributed by atoms with E-state index in [4.69, 9.17) is 0 Å². The van der Waals surface area contributed by atoms with E-state index in [1.165, 1.54) is 35.4 Å². The Kier molecular flexibility index (Phi) is 4.06. The van der Waals surface area contributed by atoms with Crippen LogP contribution in [-0.2, 0) is 12.8 Å². The van der Waals surface area contributed by atoms with Crippen LogP contribution in [0.3, 0.4) is 0 Å². The third-order valence-corrected chi connectivity index (χ3v) is 5.17. The van der Waals surface area contributed by atoms with Crippen molar-refractivity contribution in [3.63, 3.8) is 0 Å². The van der Waals surface area contributed by atoms with Crippen LogP contribution in [0.5, 0.6) is 0 Å². The monoisotopic (exact) mass is 303 g/mol. The Morgan fingerprint density at radius 2 is 1.95 bits per heavy atom. The first-order valence-corrected chi connectivity index (χ1v) is 8.13. The summed E-state index contributed by atoms with van der Waals surface area (Å²) in [5.41, 5.74) is 2.25. The molecule has 0 unspecified atom stereocenters. The summed E-state index contributed by atoms with van der Waals surface area (Å²) in [5.74, 6) is -0.297. The van der Waals surface area contributed by atoms with E-state index in [0.717, 1.165) is 23.3 Å². The molecule has 0 fully saturated rings. The second-order valence-electron chi connectivity index (χ2n) is 5.51. The average Bonchev–Trinajstić information content (AvgIpc) is 2.92. The van der Waals surface area contributed by atoms with Crippen LogP contribution in [0.1, 0.15) is 51.5 Å². The summed E-state index contributed by atoms with van der Waals surface area (Å²) in [6.45, 7) is 1.92. The third-order valence-electron chi connectivity index (χ3n) is 3.94. The van der Waals surface area contributed by atoms with E-state index in [1.54, 1.807) is 23.5 Å². The van der Waals surface area contributed by atoms with E-state index in [2.05, 4.69) is 5.32 Å². The summed E-state index contributed by atoms with van der Waals surface area (Å²) < 4.78 is 12.9. The Bertz CT molecular complexity index is 624. The summed E-state index contributed by atoms with van der Waals surface area (Å²) in [7, 11) is 0. The van der Waals surface area contributed by atoms with Gasteiger partial charge in [-0.3, -0.25) is 4.79 Å². The Morgan fingerprint density at radius 1 is 1.24 bits per heavy atom. The van der Waals surface area contributed by atoms with Gasteiger partial charge in [0.25, 0.3) is 5.91 Å². The lowest BCUT2D eigenvalue weighted by Gasteiger charge is -2.13. The molecule has 110 valence electrons. The molecular weight excluding hydrogens is 285 g/mol. The van der Waals surface area contributed by atoms with E-state index < -0.39 is 0 Å². The number of rotatable bonds is 3. The van der Waals surface area contributed by atoms with Crippen molar-refractivity contribution in [2.24, 2.45) is 0 Å². The molecule has 21 heavy (non-hydrogen) atoms. The first-order chi connectivity index (χ1) is 10.1. The van der Waals surface area contributed by atoms with Gasteiger partial charge in [0.1, 0.15) is 5.82 Å². The van der Waals surface area contributed by atoms with Crippen molar-refractivity contribution < 1.29 is 9.18 Å². The lowest BCUT2D eigenvalue weighted by atomic mass is 9.99. The summed E-state index contributed by atoms with van der Waals surface area (Å²) in [6.07, 6.45) is 4.63. The van der Waals surface area contributed by atoms with Crippen molar-refractivity contribution in [1.82, 2.24) is 5.32 Å². The molecule has 1 atom stereocenters. The van der Waals surface area contributed by atoms with Crippen LogP contribution < -0.4 is 5.32 Å². The summed E-state index contributed by atoms with van der Waals surface area (Å²) in [5, 5.41) is 2.99. The first-order valence-electron chi connectivity index (χ1n) is 7.31. The maximum absolute atomic E-state index is 12.9. The molecule has 2 aromatic rings. The maximum atomic E-state index is 12.9. The molecule has 1 aliphatic rings. The number of hydrogen-bond acceptors (Lipinski definition) is 2. The van der Waals surface area contributed by atoms with Crippen molar-refractivity contribution in [2.75, 3.05) is 0 Å². The molecule has 3 rings (SSSR count). The number of aryl methyl sites for hydroxylation is 2. The molecule has 0 aliphatic heterocycles. The zero-order valence-electron chi connectivity index (χ0n) is 12.0. The molecule has 0 saturated heterocycles. The van der Waals surface area contributed by atoms with Gasteiger partial charge in [-0.25, -0.2) is 4.39 Å². The molecule has 1 aromatic heterocycles. The van der Waals surface area contributed by atoms with Gasteiger partial charge in [-0.15, -0.1) is 11.3 Å². The van der Waals surface area contributed by atoms with Gasteiger partial charge < -0.3 is 5.32 Å². The number of halogens is 1. The number of carbonyl (C=O) groups excluding carboxylic acids is 1. The molecule has 0 radical (unpaired) electrons. The number of hydrogen-bond donors (Lipinski definition) is 1. The molecule has 1 aliphatic carbocycles. The second-order valence-corrected chi connectivity index (χ2v) is 6.65. The average molecular weight is 303 g/mol. The largest absolute Gasteiger partial charge is 0.345 e. The quantitative estimate of drug-likeness (QED) is 0.902. The van der Waals surface area contributed by atoms with E-state index in [9.17, 15) is 9.18 Å². The van der Waals surface area contributed by atoms with Gasteiger partial charge >= 0.3 is 0 Å². The van der Waals surface area contributed by atoms with Crippen molar-refractivity contribution in [2.45, 2.75) is 38.6 Å². The van der Waals surface area contributed by atoms with Crippen LogP contribution in [-0.4, -0.2) is 5.91 Å². The van der Waals surface area contributed by atoms with Crippen molar-refractivity contribution >= 4 is 17.2 Å². The number of amides is 1. The number of carbonyl (C=O) groups is 1. The van der Waals surface area contributed by atoms with Crippen LogP contribution in [0.2, 0.25) is 0 Å². The Hall–Kier alpha value is -1.68. The number of thiophene rings is 1. The number of benzene rings is 1. The minimum Gasteiger partial charge on any atom is -0.345 e. The van der Waals surface area contributed by atoms with Crippen LogP contribution in [0.15, 0.2) is 30.3 Å².